The Labute approximate surface area is 171 Å². The maximum absolute atomic E-state index is 12.9. The summed E-state index contributed by atoms with van der Waals surface area (Å²) in [6.07, 6.45) is 0.720. The van der Waals surface area contributed by atoms with Gasteiger partial charge in [-0.2, -0.15) is 0 Å². The second-order valence-corrected chi connectivity index (χ2v) is 7.29. The normalized spacial score (nSPS) is 18.5. The molecule has 0 bridgehead atoms. The van der Waals surface area contributed by atoms with Crippen LogP contribution in [0.15, 0.2) is 60.2 Å². The van der Waals surface area contributed by atoms with E-state index in [-0.39, 0.29) is 11.3 Å². The van der Waals surface area contributed by atoms with E-state index in [4.69, 9.17) is 4.74 Å². The first-order valence-electron chi connectivity index (χ1n) is 9.56. The summed E-state index contributed by atoms with van der Waals surface area (Å²) in [5, 5.41) is 10.9. The van der Waals surface area contributed by atoms with Crippen LogP contribution in [0.5, 0.6) is 5.75 Å². The molecule has 6 nitrogen and oxygen atoms in total. The van der Waals surface area contributed by atoms with Crippen molar-refractivity contribution in [1.29, 1.82) is 0 Å². The highest BCUT2D eigenvalue weighted by molar-refractivity contribution is 6.46. The molecule has 152 valence electrons. The SMILES string of the molecule is COc1ccc([C@@H]2/C(=C(\O)c3ccccc3)C(=O)C(=O)N2CCCN(C)C)cc1. The highest BCUT2D eigenvalue weighted by Crippen LogP contribution is 2.39. The molecule has 3 rings (SSSR count). The van der Waals surface area contributed by atoms with E-state index >= 15 is 0 Å². The van der Waals surface area contributed by atoms with Crippen molar-refractivity contribution in [3.8, 4) is 5.75 Å². The van der Waals surface area contributed by atoms with Gasteiger partial charge in [-0.05, 0) is 44.8 Å². The number of likely N-dealkylation sites (tertiary alicyclic amines) is 1. The monoisotopic (exact) mass is 394 g/mol. The molecule has 0 aliphatic carbocycles. The zero-order valence-electron chi connectivity index (χ0n) is 17.0. The minimum Gasteiger partial charge on any atom is -0.507 e. The lowest BCUT2D eigenvalue weighted by Gasteiger charge is -2.26. The van der Waals surface area contributed by atoms with Crippen molar-refractivity contribution < 1.29 is 19.4 Å². The number of hydrogen-bond donors (Lipinski definition) is 1. The van der Waals surface area contributed by atoms with Gasteiger partial charge >= 0.3 is 0 Å². The van der Waals surface area contributed by atoms with Crippen LogP contribution in [-0.2, 0) is 9.59 Å². The summed E-state index contributed by atoms with van der Waals surface area (Å²) in [4.78, 5) is 29.3. The first-order valence-corrected chi connectivity index (χ1v) is 9.56. The third kappa shape index (κ3) is 4.32. The van der Waals surface area contributed by atoms with Crippen molar-refractivity contribution in [2.24, 2.45) is 0 Å². The maximum Gasteiger partial charge on any atom is 0.295 e. The lowest BCUT2D eigenvalue weighted by Crippen LogP contribution is -2.32. The van der Waals surface area contributed by atoms with Crippen molar-refractivity contribution in [2.45, 2.75) is 12.5 Å². The fraction of sp³-hybridized carbons (Fsp3) is 0.304. The zero-order valence-corrected chi connectivity index (χ0v) is 17.0. The summed E-state index contributed by atoms with van der Waals surface area (Å²) in [5.74, 6) is -0.708. The van der Waals surface area contributed by atoms with Crippen LogP contribution in [-0.4, -0.2) is 60.9 Å². The van der Waals surface area contributed by atoms with Crippen LogP contribution in [0.4, 0.5) is 0 Å². The Morgan fingerprint density at radius 2 is 1.72 bits per heavy atom. The Morgan fingerprint density at radius 1 is 1.07 bits per heavy atom. The number of aliphatic hydroxyl groups is 1. The molecule has 1 aliphatic heterocycles. The summed E-state index contributed by atoms with van der Waals surface area (Å²) in [6.45, 7) is 1.21. The van der Waals surface area contributed by atoms with Crippen molar-refractivity contribution in [1.82, 2.24) is 9.80 Å². The van der Waals surface area contributed by atoms with E-state index in [0.29, 0.717) is 17.9 Å². The molecule has 1 N–H and O–H groups in total. The molecule has 2 aromatic carbocycles. The van der Waals surface area contributed by atoms with Gasteiger partial charge in [0.1, 0.15) is 11.5 Å². The fourth-order valence-corrected chi connectivity index (χ4v) is 3.55. The molecule has 29 heavy (non-hydrogen) atoms. The number of hydrogen-bond acceptors (Lipinski definition) is 5. The number of carbonyl (C=O) groups is 2. The molecule has 1 atom stereocenters. The van der Waals surface area contributed by atoms with Gasteiger partial charge in [0.05, 0.1) is 18.7 Å². The molecular weight excluding hydrogens is 368 g/mol. The summed E-state index contributed by atoms with van der Waals surface area (Å²) >= 11 is 0. The molecule has 1 saturated heterocycles. The Morgan fingerprint density at radius 3 is 2.31 bits per heavy atom. The summed E-state index contributed by atoms with van der Waals surface area (Å²) in [5.41, 5.74) is 1.39. The number of Topliss-reactive ketones (excluding diaryl/α,β-unsaturated/α-hetero) is 1. The number of ether oxygens (including phenoxy) is 1. The van der Waals surface area contributed by atoms with E-state index < -0.39 is 17.7 Å². The summed E-state index contributed by atoms with van der Waals surface area (Å²) in [7, 11) is 5.51. The molecule has 1 aliphatic rings. The molecule has 1 fully saturated rings. The highest BCUT2D eigenvalue weighted by atomic mass is 16.5. The van der Waals surface area contributed by atoms with E-state index in [0.717, 1.165) is 18.5 Å². The molecule has 2 aromatic rings. The Balaban J connectivity index is 2.06. The third-order valence-electron chi connectivity index (χ3n) is 5.02. The van der Waals surface area contributed by atoms with Crippen LogP contribution in [0.2, 0.25) is 0 Å². The number of aliphatic hydroxyl groups excluding tert-OH is 1. The second-order valence-electron chi connectivity index (χ2n) is 7.29. The third-order valence-corrected chi connectivity index (χ3v) is 5.02. The van der Waals surface area contributed by atoms with Gasteiger partial charge in [0.25, 0.3) is 11.7 Å². The molecule has 0 radical (unpaired) electrons. The van der Waals surface area contributed by atoms with Gasteiger partial charge < -0.3 is 19.6 Å². The molecule has 1 heterocycles. The number of rotatable bonds is 7. The number of benzene rings is 2. The fourth-order valence-electron chi connectivity index (χ4n) is 3.55. The number of carbonyl (C=O) groups excluding carboxylic acids is 2. The van der Waals surface area contributed by atoms with Crippen molar-refractivity contribution in [3.63, 3.8) is 0 Å². The van der Waals surface area contributed by atoms with Crippen LogP contribution in [0, 0.1) is 0 Å². The van der Waals surface area contributed by atoms with E-state index in [9.17, 15) is 14.7 Å². The lowest BCUT2D eigenvalue weighted by atomic mass is 9.95. The molecule has 1 amide bonds. The van der Waals surface area contributed by atoms with E-state index in [1.54, 1.807) is 48.4 Å². The van der Waals surface area contributed by atoms with Crippen molar-refractivity contribution >= 4 is 17.4 Å². The standard InChI is InChI=1S/C23H26N2O4/c1-24(2)14-7-15-25-20(16-10-12-18(29-3)13-11-16)19(22(27)23(25)28)21(26)17-8-5-4-6-9-17/h4-6,8-13,20,26H,7,14-15H2,1-3H3/b21-19+/t20-/m1/s1. The Bertz CT molecular complexity index is 904. The van der Waals surface area contributed by atoms with Gasteiger partial charge in [-0.1, -0.05) is 42.5 Å². The smallest absolute Gasteiger partial charge is 0.295 e. The van der Waals surface area contributed by atoms with Crippen LogP contribution < -0.4 is 4.74 Å². The minimum atomic E-state index is -0.656. The van der Waals surface area contributed by atoms with Crippen LogP contribution in [0.1, 0.15) is 23.6 Å². The molecule has 0 spiro atoms. The quantitative estimate of drug-likeness (QED) is 0.444. The first kappa shape index (κ1) is 20.6. The second kappa shape index (κ2) is 8.92. The van der Waals surface area contributed by atoms with E-state index in [1.807, 2.05) is 37.2 Å². The zero-order chi connectivity index (χ0) is 21.0. The van der Waals surface area contributed by atoms with Gasteiger partial charge in [0, 0.05) is 12.1 Å². The van der Waals surface area contributed by atoms with Gasteiger partial charge in [-0.15, -0.1) is 0 Å². The molecular formula is C23H26N2O4. The van der Waals surface area contributed by atoms with Crippen molar-refractivity contribution in [3.05, 3.63) is 71.3 Å². The molecule has 0 saturated carbocycles. The number of nitrogens with zero attached hydrogens (tertiary/aromatic N) is 2. The van der Waals surface area contributed by atoms with Crippen LogP contribution in [0.25, 0.3) is 5.76 Å². The summed E-state index contributed by atoms with van der Waals surface area (Å²) < 4.78 is 5.22. The predicted molar refractivity (Wildman–Crippen MR) is 112 cm³/mol. The first-order chi connectivity index (χ1) is 13.9. The average molecular weight is 394 g/mol. The van der Waals surface area contributed by atoms with Crippen LogP contribution in [0.3, 0.4) is 0 Å². The molecule has 6 heteroatoms. The topological polar surface area (TPSA) is 70.1 Å². The lowest BCUT2D eigenvalue weighted by molar-refractivity contribution is -0.139. The largest absolute Gasteiger partial charge is 0.507 e. The minimum absolute atomic E-state index is 0.121. The highest BCUT2D eigenvalue weighted by Gasteiger charge is 2.45. The predicted octanol–water partition coefficient (Wildman–Crippen LogP) is 3.07. The van der Waals surface area contributed by atoms with E-state index in [1.165, 1.54) is 0 Å². The van der Waals surface area contributed by atoms with Crippen molar-refractivity contribution in [2.75, 3.05) is 34.3 Å². The Kier molecular flexibility index (Phi) is 6.34. The number of amides is 1. The number of ketones is 1. The molecule has 0 unspecified atom stereocenters. The average Bonchev–Trinajstić information content (AvgIpc) is 2.98. The van der Waals surface area contributed by atoms with Gasteiger partial charge in [-0.25, -0.2) is 0 Å². The van der Waals surface area contributed by atoms with Gasteiger partial charge in [-0.3, -0.25) is 9.59 Å². The maximum atomic E-state index is 12.9. The summed E-state index contributed by atoms with van der Waals surface area (Å²) in [6, 6.07) is 15.4. The van der Waals surface area contributed by atoms with Gasteiger partial charge in [0.15, 0.2) is 0 Å². The van der Waals surface area contributed by atoms with Gasteiger partial charge in [0.2, 0.25) is 0 Å². The van der Waals surface area contributed by atoms with Crippen LogP contribution >= 0.6 is 0 Å². The number of methoxy groups -OCH3 is 1. The Hall–Kier alpha value is -3.12. The molecule has 0 aromatic heterocycles. The van der Waals surface area contributed by atoms with E-state index in [2.05, 4.69) is 0 Å².